The molecule has 0 unspecified atom stereocenters. The van der Waals surface area contributed by atoms with E-state index in [0.29, 0.717) is 12.5 Å². The average molecular weight is 187 g/mol. The van der Waals surface area contributed by atoms with E-state index in [-0.39, 0.29) is 24.3 Å². The van der Waals surface area contributed by atoms with Gasteiger partial charge in [0, 0.05) is 13.0 Å². The summed E-state index contributed by atoms with van der Waals surface area (Å²) in [6.07, 6.45) is 0.203. The van der Waals surface area contributed by atoms with Gasteiger partial charge in [-0.3, -0.25) is 4.79 Å². The molecular formula is C10H21NO2. The Balaban J connectivity index is 3.81. The highest BCUT2D eigenvalue weighted by Crippen LogP contribution is 2.24. The SMILES string of the molecule is CC(C)C(C)(C)CNC(=O)CCO. The molecule has 0 aromatic carbocycles. The highest BCUT2D eigenvalue weighted by Gasteiger charge is 2.22. The van der Waals surface area contributed by atoms with Crippen molar-refractivity contribution in [1.29, 1.82) is 0 Å². The van der Waals surface area contributed by atoms with Gasteiger partial charge in [-0.1, -0.05) is 27.7 Å². The molecule has 0 bridgehead atoms. The van der Waals surface area contributed by atoms with Gasteiger partial charge in [0.1, 0.15) is 0 Å². The summed E-state index contributed by atoms with van der Waals surface area (Å²) in [5.41, 5.74) is 0.116. The van der Waals surface area contributed by atoms with Crippen molar-refractivity contribution < 1.29 is 9.90 Å². The predicted octanol–water partition coefficient (Wildman–Crippen LogP) is 1.17. The average Bonchev–Trinajstić information content (AvgIpc) is 2.01. The van der Waals surface area contributed by atoms with Gasteiger partial charge in [-0.05, 0) is 11.3 Å². The van der Waals surface area contributed by atoms with Crippen LogP contribution < -0.4 is 5.32 Å². The molecule has 0 atom stereocenters. The monoisotopic (exact) mass is 187 g/mol. The van der Waals surface area contributed by atoms with E-state index in [9.17, 15) is 4.79 Å². The van der Waals surface area contributed by atoms with Gasteiger partial charge in [0.2, 0.25) is 5.91 Å². The minimum Gasteiger partial charge on any atom is -0.396 e. The summed E-state index contributed by atoms with van der Waals surface area (Å²) in [6, 6.07) is 0. The second kappa shape index (κ2) is 5.22. The predicted molar refractivity (Wildman–Crippen MR) is 53.3 cm³/mol. The fourth-order valence-corrected chi connectivity index (χ4v) is 0.720. The number of hydrogen-bond donors (Lipinski definition) is 2. The number of aliphatic hydroxyl groups is 1. The highest BCUT2D eigenvalue weighted by molar-refractivity contribution is 5.75. The largest absolute Gasteiger partial charge is 0.396 e. The molecule has 0 radical (unpaired) electrons. The van der Waals surface area contributed by atoms with Gasteiger partial charge in [0.05, 0.1) is 6.61 Å². The molecule has 0 saturated carbocycles. The summed E-state index contributed by atoms with van der Waals surface area (Å²) in [4.78, 5) is 11.0. The lowest BCUT2D eigenvalue weighted by atomic mass is 9.81. The van der Waals surface area contributed by atoms with E-state index in [2.05, 4.69) is 33.0 Å². The molecule has 0 aliphatic rings. The minimum absolute atomic E-state index is 0.0729. The summed E-state index contributed by atoms with van der Waals surface area (Å²) in [5.74, 6) is 0.457. The van der Waals surface area contributed by atoms with Crippen molar-refractivity contribution in [3.63, 3.8) is 0 Å². The van der Waals surface area contributed by atoms with E-state index in [1.165, 1.54) is 0 Å². The molecule has 3 heteroatoms. The molecule has 0 saturated heterocycles. The number of nitrogens with one attached hydrogen (secondary N) is 1. The normalized spacial score (nSPS) is 11.8. The summed E-state index contributed by atoms with van der Waals surface area (Å²) in [5, 5.41) is 11.3. The van der Waals surface area contributed by atoms with Gasteiger partial charge in [-0.25, -0.2) is 0 Å². The second-order valence-electron chi connectivity index (χ2n) is 4.39. The quantitative estimate of drug-likeness (QED) is 0.678. The first-order chi connectivity index (χ1) is 5.90. The van der Waals surface area contributed by atoms with Crippen LogP contribution in [0.15, 0.2) is 0 Å². The Morgan fingerprint density at radius 2 is 2.00 bits per heavy atom. The molecule has 2 N–H and O–H groups in total. The van der Waals surface area contributed by atoms with Crippen LogP contribution in [0.1, 0.15) is 34.1 Å². The lowest BCUT2D eigenvalue weighted by Crippen LogP contribution is -2.37. The maximum atomic E-state index is 11.0. The Morgan fingerprint density at radius 1 is 1.46 bits per heavy atom. The van der Waals surface area contributed by atoms with Crippen LogP contribution in [0.2, 0.25) is 0 Å². The van der Waals surface area contributed by atoms with Crippen LogP contribution in [-0.4, -0.2) is 24.2 Å². The zero-order valence-electron chi connectivity index (χ0n) is 9.05. The Hall–Kier alpha value is -0.570. The van der Waals surface area contributed by atoms with E-state index in [4.69, 9.17) is 5.11 Å². The van der Waals surface area contributed by atoms with E-state index < -0.39 is 0 Å². The van der Waals surface area contributed by atoms with Crippen molar-refractivity contribution in [3.05, 3.63) is 0 Å². The first-order valence-corrected chi connectivity index (χ1v) is 4.77. The highest BCUT2D eigenvalue weighted by atomic mass is 16.3. The smallest absolute Gasteiger partial charge is 0.222 e. The van der Waals surface area contributed by atoms with Crippen molar-refractivity contribution >= 4 is 5.91 Å². The van der Waals surface area contributed by atoms with E-state index in [1.54, 1.807) is 0 Å². The zero-order valence-corrected chi connectivity index (χ0v) is 9.05. The molecule has 0 fully saturated rings. The van der Waals surface area contributed by atoms with Crippen LogP contribution in [0.25, 0.3) is 0 Å². The molecular weight excluding hydrogens is 166 g/mol. The fraction of sp³-hybridized carbons (Fsp3) is 0.900. The lowest BCUT2D eigenvalue weighted by Gasteiger charge is -2.29. The van der Waals surface area contributed by atoms with Crippen LogP contribution in [0.5, 0.6) is 0 Å². The Morgan fingerprint density at radius 3 is 2.38 bits per heavy atom. The molecule has 0 heterocycles. The van der Waals surface area contributed by atoms with Crippen LogP contribution in [0.4, 0.5) is 0 Å². The summed E-state index contributed by atoms with van der Waals surface area (Å²) in [7, 11) is 0. The number of hydrogen-bond acceptors (Lipinski definition) is 2. The molecule has 78 valence electrons. The van der Waals surface area contributed by atoms with E-state index >= 15 is 0 Å². The molecule has 0 aliphatic heterocycles. The van der Waals surface area contributed by atoms with E-state index in [0.717, 1.165) is 0 Å². The lowest BCUT2D eigenvalue weighted by molar-refractivity contribution is -0.122. The summed E-state index contributed by atoms with van der Waals surface area (Å²) in [6.45, 7) is 9.11. The number of carbonyl (C=O) groups is 1. The number of aliphatic hydroxyl groups excluding tert-OH is 1. The van der Waals surface area contributed by atoms with Crippen molar-refractivity contribution in [2.45, 2.75) is 34.1 Å². The first kappa shape index (κ1) is 12.4. The molecule has 1 amide bonds. The van der Waals surface area contributed by atoms with Crippen molar-refractivity contribution in [2.75, 3.05) is 13.2 Å². The molecule has 0 aromatic heterocycles. The maximum Gasteiger partial charge on any atom is 0.222 e. The molecule has 0 spiro atoms. The van der Waals surface area contributed by atoms with Crippen LogP contribution >= 0.6 is 0 Å². The zero-order chi connectivity index (χ0) is 10.5. The van der Waals surface area contributed by atoms with Crippen LogP contribution in [0.3, 0.4) is 0 Å². The van der Waals surface area contributed by atoms with E-state index in [1.807, 2.05) is 0 Å². The van der Waals surface area contributed by atoms with Gasteiger partial charge in [0.15, 0.2) is 0 Å². The van der Waals surface area contributed by atoms with Crippen LogP contribution in [-0.2, 0) is 4.79 Å². The molecule has 0 aromatic rings. The standard InChI is InChI=1S/C10H21NO2/c1-8(2)10(3,4)7-11-9(13)5-6-12/h8,12H,5-7H2,1-4H3,(H,11,13). The number of carbonyl (C=O) groups excluding carboxylic acids is 1. The topological polar surface area (TPSA) is 49.3 Å². The Kier molecular flexibility index (Phi) is 4.99. The number of rotatable bonds is 5. The molecule has 13 heavy (non-hydrogen) atoms. The summed E-state index contributed by atoms with van der Waals surface area (Å²) < 4.78 is 0. The van der Waals surface area contributed by atoms with Gasteiger partial charge < -0.3 is 10.4 Å². The maximum absolute atomic E-state index is 11.0. The molecule has 0 rings (SSSR count). The second-order valence-corrected chi connectivity index (χ2v) is 4.39. The summed E-state index contributed by atoms with van der Waals surface area (Å²) >= 11 is 0. The van der Waals surface area contributed by atoms with Gasteiger partial charge >= 0.3 is 0 Å². The Labute approximate surface area is 80.5 Å². The van der Waals surface area contributed by atoms with Gasteiger partial charge in [-0.2, -0.15) is 0 Å². The third-order valence-electron chi connectivity index (χ3n) is 2.64. The van der Waals surface area contributed by atoms with Gasteiger partial charge in [-0.15, -0.1) is 0 Å². The number of amides is 1. The van der Waals surface area contributed by atoms with Gasteiger partial charge in [0.25, 0.3) is 0 Å². The Bertz CT molecular complexity index is 164. The third-order valence-corrected chi connectivity index (χ3v) is 2.64. The third kappa shape index (κ3) is 4.88. The molecule has 0 aliphatic carbocycles. The molecule has 3 nitrogen and oxygen atoms in total. The van der Waals surface area contributed by atoms with Crippen molar-refractivity contribution in [3.8, 4) is 0 Å². The van der Waals surface area contributed by atoms with Crippen molar-refractivity contribution in [2.24, 2.45) is 11.3 Å². The fourth-order valence-electron chi connectivity index (χ4n) is 0.720. The minimum atomic E-state index is -0.0755. The first-order valence-electron chi connectivity index (χ1n) is 4.77. The van der Waals surface area contributed by atoms with Crippen molar-refractivity contribution in [1.82, 2.24) is 5.32 Å². The van der Waals surface area contributed by atoms with Crippen LogP contribution in [0, 0.1) is 11.3 Å².